The number of carbonyl (C=O) groups excluding carboxylic acids is 2. The molecule has 10 nitrogen and oxygen atoms in total. The van der Waals surface area contributed by atoms with Gasteiger partial charge in [0.05, 0.1) is 30.8 Å². The highest BCUT2D eigenvalue weighted by Crippen LogP contribution is 2.31. The third-order valence-corrected chi connectivity index (χ3v) is 6.02. The average Bonchev–Trinajstić information content (AvgIpc) is 2.92. The highest BCUT2D eigenvalue weighted by atomic mass is 35.5. The highest BCUT2D eigenvalue weighted by Gasteiger charge is 2.35. The van der Waals surface area contributed by atoms with Gasteiger partial charge in [0, 0.05) is 19.2 Å². The third kappa shape index (κ3) is 7.52. The molecule has 41 heavy (non-hydrogen) atoms. The van der Waals surface area contributed by atoms with Gasteiger partial charge in [-0.2, -0.15) is 13.2 Å². The molecule has 15 heteroatoms. The summed E-state index contributed by atoms with van der Waals surface area (Å²) in [4.78, 5) is 55.5. The monoisotopic (exact) mass is 601 g/mol. The van der Waals surface area contributed by atoms with E-state index >= 15 is 0 Å². The van der Waals surface area contributed by atoms with Gasteiger partial charge in [-0.1, -0.05) is 41.9 Å². The molecule has 0 radical (unpaired) electrons. The molecule has 3 rings (SSSR count). The number of methoxy groups -OCH3 is 1. The second-order valence-electron chi connectivity index (χ2n) is 8.56. The summed E-state index contributed by atoms with van der Waals surface area (Å²) in [6.45, 7) is 1.04. The number of carbonyl (C=O) groups is 2. The van der Waals surface area contributed by atoms with Gasteiger partial charge in [0.1, 0.15) is 23.9 Å². The Labute approximate surface area is 235 Å². The van der Waals surface area contributed by atoms with Gasteiger partial charge in [0.2, 0.25) is 0 Å². The first-order chi connectivity index (χ1) is 19.2. The van der Waals surface area contributed by atoms with Crippen LogP contribution in [-0.2, 0) is 39.0 Å². The lowest BCUT2D eigenvalue weighted by atomic mass is 10.2. The fraction of sp³-hybridized carbons (Fsp3) is 0.308. The molecule has 0 aliphatic rings. The molecule has 3 aromatic rings. The number of hydrogen-bond donors (Lipinski definition) is 0. The number of hydroxylamine groups is 2. The molecular formula is C26H24ClF4N3O7. The van der Waals surface area contributed by atoms with Crippen LogP contribution < -0.4 is 16.0 Å². The molecule has 0 N–H and O–H groups in total. The number of alkyl halides is 3. The summed E-state index contributed by atoms with van der Waals surface area (Å²) in [5.74, 6) is -2.98. The van der Waals surface area contributed by atoms with Gasteiger partial charge in [0.25, 0.3) is 11.5 Å². The van der Waals surface area contributed by atoms with Crippen LogP contribution in [0.25, 0.3) is 5.69 Å². The molecule has 1 aromatic heterocycles. The van der Waals surface area contributed by atoms with Crippen molar-refractivity contribution in [2.24, 2.45) is 7.05 Å². The van der Waals surface area contributed by atoms with E-state index in [4.69, 9.17) is 21.2 Å². The molecule has 1 unspecified atom stereocenters. The first-order valence-electron chi connectivity index (χ1n) is 11.9. The SMILES string of the molecule is COC(=O)CCN(OCc1ccccc1)C(=O)C(C)Oc1cc(-n2c(=O)cc(C(F)(F)F)n(C)c2=O)c(F)cc1Cl. The van der Waals surface area contributed by atoms with Crippen molar-refractivity contribution in [3.05, 3.63) is 91.5 Å². The molecule has 0 spiro atoms. The average molecular weight is 602 g/mol. The number of benzene rings is 2. The highest BCUT2D eigenvalue weighted by molar-refractivity contribution is 6.32. The van der Waals surface area contributed by atoms with E-state index in [1.807, 2.05) is 0 Å². The maximum atomic E-state index is 14.8. The van der Waals surface area contributed by atoms with Crippen molar-refractivity contribution in [3.8, 4) is 11.4 Å². The number of aromatic nitrogens is 2. The number of hydrogen-bond acceptors (Lipinski definition) is 7. The zero-order chi connectivity index (χ0) is 30.5. The van der Waals surface area contributed by atoms with Gasteiger partial charge in [0.15, 0.2) is 6.10 Å². The number of amides is 1. The lowest BCUT2D eigenvalue weighted by molar-refractivity contribution is -0.199. The minimum atomic E-state index is -5.02. The van der Waals surface area contributed by atoms with Crippen LogP contribution in [0, 0.1) is 5.82 Å². The van der Waals surface area contributed by atoms with Crippen LogP contribution >= 0.6 is 11.6 Å². The van der Waals surface area contributed by atoms with Crippen LogP contribution in [0.4, 0.5) is 17.6 Å². The molecule has 1 atom stereocenters. The standard InChI is InChI=1S/C26H24ClF4N3O7/c1-15(24(37)33(10-9-23(36)39-3)40-14-16-7-5-4-6-8-16)41-20-12-19(18(28)11-17(20)27)34-22(35)13-21(26(29,30)31)32(2)25(34)38/h4-8,11-13,15H,9-10,14H2,1-3H3. The van der Waals surface area contributed by atoms with Gasteiger partial charge in [-0.15, -0.1) is 0 Å². The first-order valence-corrected chi connectivity index (χ1v) is 12.2. The number of ether oxygens (including phenoxy) is 2. The molecule has 0 aliphatic carbocycles. The number of rotatable bonds is 10. The van der Waals surface area contributed by atoms with Gasteiger partial charge in [-0.05, 0) is 18.6 Å². The van der Waals surface area contributed by atoms with E-state index in [-0.39, 0.29) is 45.5 Å². The minimum Gasteiger partial charge on any atom is -0.479 e. The van der Waals surface area contributed by atoms with Crippen molar-refractivity contribution >= 4 is 23.5 Å². The predicted molar refractivity (Wildman–Crippen MR) is 137 cm³/mol. The number of nitrogens with zero attached hydrogens (tertiary/aromatic N) is 3. The van der Waals surface area contributed by atoms with Crippen molar-refractivity contribution in [3.63, 3.8) is 0 Å². The maximum absolute atomic E-state index is 14.8. The Morgan fingerprint density at radius 2 is 1.76 bits per heavy atom. The lowest BCUT2D eigenvalue weighted by Crippen LogP contribution is -2.42. The summed E-state index contributed by atoms with van der Waals surface area (Å²) in [6.07, 6.45) is -6.60. The smallest absolute Gasteiger partial charge is 0.431 e. The van der Waals surface area contributed by atoms with Crippen molar-refractivity contribution in [1.82, 2.24) is 14.2 Å². The second kappa shape index (κ2) is 13.0. The molecule has 0 aliphatic heterocycles. The van der Waals surface area contributed by atoms with Crippen LogP contribution in [0.15, 0.2) is 58.1 Å². The fourth-order valence-electron chi connectivity index (χ4n) is 3.60. The molecule has 1 heterocycles. The summed E-state index contributed by atoms with van der Waals surface area (Å²) in [6, 6.07) is 10.4. The largest absolute Gasteiger partial charge is 0.479 e. The van der Waals surface area contributed by atoms with E-state index in [2.05, 4.69) is 4.74 Å². The van der Waals surface area contributed by atoms with Crippen molar-refractivity contribution in [2.75, 3.05) is 13.7 Å². The van der Waals surface area contributed by atoms with E-state index in [9.17, 15) is 36.7 Å². The van der Waals surface area contributed by atoms with E-state index in [1.54, 1.807) is 30.3 Å². The Balaban J connectivity index is 1.92. The van der Waals surface area contributed by atoms with Gasteiger partial charge < -0.3 is 9.47 Å². The van der Waals surface area contributed by atoms with Crippen LogP contribution in [0.3, 0.4) is 0 Å². The summed E-state index contributed by atoms with van der Waals surface area (Å²) in [7, 11) is 1.94. The number of halogens is 5. The van der Waals surface area contributed by atoms with Gasteiger partial charge in [-0.25, -0.2) is 18.8 Å². The van der Waals surface area contributed by atoms with E-state index < -0.39 is 52.6 Å². The lowest BCUT2D eigenvalue weighted by Gasteiger charge is -2.25. The van der Waals surface area contributed by atoms with E-state index in [0.717, 1.165) is 18.2 Å². The van der Waals surface area contributed by atoms with Gasteiger partial charge in [-0.3, -0.25) is 23.8 Å². The zero-order valence-corrected chi connectivity index (χ0v) is 22.7. The molecule has 0 saturated carbocycles. The second-order valence-corrected chi connectivity index (χ2v) is 8.97. The number of esters is 1. The van der Waals surface area contributed by atoms with Crippen LogP contribution in [0.5, 0.6) is 5.75 Å². The molecule has 2 aromatic carbocycles. The Morgan fingerprint density at radius 1 is 1.10 bits per heavy atom. The van der Waals surface area contributed by atoms with Crippen molar-refractivity contribution in [2.45, 2.75) is 32.2 Å². The molecule has 0 bridgehead atoms. The Bertz CT molecular complexity index is 1540. The minimum absolute atomic E-state index is 0.0396. The van der Waals surface area contributed by atoms with E-state index in [0.29, 0.717) is 11.6 Å². The van der Waals surface area contributed by atoms with Gasteiger partial charge >= 0.3 is 17.8 Å². The van der Waals surface area contributed by atoms with Crippen molar-refractivity contribution < 1.29 is 41.5 Å². The topological polar surface area (TPSA) is 109 Å². The zero-order valence-electron chi connectivity index (χ0n) is 21.9. The summed E-state index contributed by atoms with van der Waals surface area (Å²) < 4.78 is 64.9. The third-order valence-electron chi connectivity index (χ3n) is 5.73. The maximum Gasteiger partial charge on any atom is 0.431 e. The Hall–Kier alpha value is -4.17. The normalized spacial score (nSPS) is 12.1. The fourth-order valence-corrected chi connectivity index (χ4v) is 3.80. The van der Waals surface area contributed by atoms with Crippen LogP contribution in [0.1, 0.15) is 24.6 Å². The molecule has 1 amide bonds. The van der Waals surface area contributed by atoms with Crippen molar-refractivity contribution in [1.29, 1.82) is 0 Å². The summed E-state index contributed by atoms with van der Waals surface area (Å²) in [5, 5.41) is 0.511. The molecule has 0 fully saturated rings. The predicted octanol–water partition coefficient (Wildman–Crippen LogP) is 3.64. The Morgan fingerprint density at radius 3 is 2.37 bits per heavy atom. The molecular weight excluding hydrogens is 578 g/mol. The van der Waals surface area contributed by atoms with E-state index in [1.165, 1.54) is 14.0 Å². The van der Waals surface area contributed by atoms with Crippen LogP contribution in [0.2, 0.25) is 5.02 Å². The first kappa shape index (κ1) is 31.4. The van der Waals surface area contributed by atoms with Crippen LogP contribution in [-0.4, -0.2) is 45.8 Å². The quantitative estimate of drug-likeness (QED) is 0.198. The summed E-state index contributed by atoms with van der Waals surface area (Å²) in [5.41, 5.74) is -4.52. The Kier molecular flexibility index (Phi) is 9.94. The molecule has 220 valence electrons. The summed E-state index contributed by atoms with van der Waals surface area (Å²) >= 11 is 6.07. The molecule has 0 saturated heterocycles.